The molecule has 2 rings (SSSR count). The van der Waals surface area contributed by atoms with Crippen LogP contribution in [-0.2, 0) is 5.41 Å². The van der Waals surface area contributed by atoms with Crippen molar-refractivity contribution in [3.8, 4) is 0 Å². The highest BCUT2D eigenvalue weighted by Crippen LogP contribution is 2.22. The fraction of sp³-hybridized carbons (Fsp3) is 0.250. The standard InChI is InChI=1S/C16H18N2O2S/c1-16(2,3)12-8-6-11(7-9-12)14(19)17-18-15(20)13-5-4-10-21-13/h4-10H,1-3H3,(H,17,19)(H,18,20). The van der Waals surface area contributed by atoms with Crippen LogP contribution in [0.5, 0.6) is 0 Å². The Morgan fingerprint density at radius 1 is 0.952 bits per heavy atom. The number of hydrogen-bond donors (Lipinski definition) is 2. The number of rotatable bonds is 2. The number of carbonyl (C=O) groups excluding carboxylic acids is 2. The van der Waals surface area contributed by atoms with Crippen molar-refractivity contribution < 1.29 is 9.59 Å². The molecule has 2 N–H and O–H groups in total. The molecule has 5 heteroatoms. The largest absolute Gasteiger partial charge is 0.279 e. The van der Waals surface area contributed by atoms with Crippen LogP contribution in [0, 0.1) is 0 Å². The molecule has 2 aromatic rings. The molecule has 1 aromatic carbocycles. The normalized spacial score (nSPS) is 11.0. The fourth-order valence-electron chi connectivity index (χ4n) is 1.78. The van der Waals surface area contributed by atoms with Gasteiger partial charge in [-0.2, -0.15) is 0 Å². The summed E-state index contributed by atoms with van der Waals surface area (Å²) in [6.07, 6.45) is 0. The number of hydrogen-bond acceptors (Lipinski definition) is 3. The van der Waals surface area contributed by atoms with E-state index < -0.39 is 0 Å². The van der Waals surface area contributed by atoms with Crippen LogP contribution >= 0.6 is 11.3 Å². The van der Waals surface area contributed by atoms with Gasteiger partial charge in [0, 0.05) is 5.56 Å². The van der Waals surface area contributed by atoms with Gasteiger partial charge in [0.05, 0.1) is 4.88 Å². The summed E-state index contributed by atoms with van der Waals surface area (Å²) in [7, 11) is 0. The summed E-state index contributed by atoms with van der Waals surface area (Å²) in [6.45, 7) is 6.34. The molecule has 0 bridgehead atoms. The first-order valence-electron chi connectivity index (χ1n) is 6.62. The van der Waals surface area contributed by atoms with Crippen molar-refractivity contribution in [2.45, 2.75) is 26.2 Å². The molecular formula is C16H18N2O2S. The summed E-state index contributed by atoms with van der Waals surface area (Å²) in [5.41, 5.74) is 6.52. The van der Waals surface area contributed by atoms with Gasteiger partial charge in [-0.25, -0.2) is 0 Å². The summed E-state index contributed by atoms with van der Waals surface area (Å²) in [4.78, 5) is 24.2. The summed E-state index contributed by atoms with van der Waals surface area (Å²) < 4.78 is 0. The van der Waals surface area contributed by atoms with Crippen LogP contribution in [0.4, 0.5) is 0 Å². The Morgan fingerprint density at radius 2 is 1.57 bits per heavy atom. The molecule has 1 heterocycles. The van der Waals surface area contributed by atoms with Crippen LogP contribution in [0.3, 0.4) is 0 Å². The molecule has 0 fully saturated rings. The Balaban J connectivity index is 1.96. The molecule has 4 nitrogen and oxygen atoms in total. The van der Waals surface area contributed by atoms with Gasteiger partial charge in [-0.05, 0) is 34.6 Å². The van der Waals surface area contributed by atoms with E-state index in [0.29, 0.717) is 10.4 Å². The average Bonchev–Trinajstić information content (AvgIpc) is 2.98. The number of carbonyl (C=O) groups is 2. The number of thiophene rings is 1. The average molecular weight is 302 g/mol. The molecule has 0 aliphatic heterocycles. The lowest BCUT2D eigenvalue weighted by Crippen LogP contribution is -2.41. The van der Waals surface area contributed by atoms with Gasteiger partial charge in [0.2, 0.25) is 0 Å². The lowest BCUT2D eigenvalue weighted by molar-refractivity contribution is 0.0849. The molecule has 21 heavy (non-hydrogen) atoms. The quantitative estimate of drug-likeness (QED) is 0.837. The molecule has 0 unspecified atom stereocenters. The maximum atomic E-state index is 12.0. The van der Waals surface area contributed by atoms with E-state index >= 15 is 0 Å². The zero-order chi connectivity index (χ0) is 15.5. The zero-order valence-electron chi connectivity index (χ0n) is 12.3. The van der Waals surface area contributed by atoms with Gasteiger partial charge in [0.25, 0.3) is 11.8 Å². The van der Waals surface area contributed by atoms with E-state index in [1.54, 1.807) is 24.3 Å². The van der Waals surface area contributed by atoms with Gasteiger partial charge in [-0.15, -0.1) is 11.3 Å². The summed E-state index contributed by atoms with van der Waals surface area (Å²) in [6, 6.07) is 10.9. The third kappa shape index (κ3) is 3.92. The van der Waals surface area contributed by atoms with Gasteiger partial charge in [-0.3, -0.25) is 20.4 Å². The van der Waals surface area contributed by atoms with Crippen molar-refractivity contribution in [3.05, 3.63) is 57.8 Å². The molecule has 1 aromatic heterocycles. The smallest absolute Gasteiger partial charge is 0.267 e. The van der Waals surface area contributed by atoms with E-state index in [2.05, 4.69) is 31.6 Å². The van der Waals surface area contributed by atoms with Gasteiger partial charge in [-0.1, -0.05) is 39.0 Å². The Bertz CT molecular complexity index is 625. The summed E-state index contributed by atoms with van der Waals surface area (Å²) in [5, 5.41) is 1.81. The van der Waals surface area contributed by atoms with Gasteiger partial charge in [0.1, 0.15) is 0 Å². The number of benzene rings is 1. The Morgan fingerprint density at radius 3 is 2.10 bits per heavy atom. The van der Waals surface area contributed by atoms with Crippen LogP contribution in [0.25, 0.3) is 0 Å². The van der Waals surface area contributed by atoms with Gasteiger partial charge < -0.3 is 0 Å². The SMILES string of the molecule is CC(C)(C)c1ccc(C(=O)NNC(=O)c2cccs2)cc1. The minimum Gasteiger partial charge on any atom is -0.267 e. The molecule has 2 amide bonds. The van der Waals surface area contributed by atoms with Crippen LogP contribution in [0.2, 0.25) is 0 Å². The highest BCUT2D eigenvalue weighted by Gasteiger charge is 2.14. The van der Waals surface area contributed by atoms with Gasteiger partial charge in [0.15, 0.2) is 0 Å². The van der Waals surface area contributed by atoms with Crippen molar-refractivity contribution >= 4 is 23.2 Å². The maximum absolute atomic E-state index is 12.0. The molecule has 0 saturated heterocycles. The molecule has 0 spiro atoms. The second-order valence-corrected chi connectivity index (χ2v) is 6.66. The molecule has 110 valence electrons. The van der Waals surface area contributed by atoms with Crippen molar-refractivity contribution in [3.63, 3.8) is 0 Å². The second kappa shape index (κ2) is 6.10. The molecule has 0 saturated carbocycles. The first-order valence-corrected chi connectivity index (χ1v) is 7.50. The Kier molecular flexibility index (Phi) is 4.43. The second-order valence-electron chi connectivity index (χ2n) is 5.71. The van der Waals surface area contributed by atoms with E-state index in [1.165, 1.54) is 11.3 Å². The van der Waals surface area contributed by atoms with Crippen LogP contribution in [0.15, 0.2) is 41.8 Å². The number of hydrazine groups is 1. The lowest BCUT2D eigenvalue weighted by Gasteiger charge is -2.19. The zero-order valence-corrected chi connectivity index (χ0v) is 13.1. The Hall–Kier alpha value is -2.14. The van der Waals surface area contributed by atoms with E-state index in [1.807, 2.05) is 17.5 Å². The summed E-state index contributed by atoms with van der Waals surface area (Å²) >= 11 is 1.32. The van der Waals surface area contributed by atoms with Crippen molar-refractivity contribution in [1.29, 1.82) is 0 Å². The predicted octanol–water partition coefficient (Wildman–Crippen LogP) is 3.12. The lowest BCUT2D eigenvalue weighted by atomic mass is 9.87. The monoisotopic (exact) mass is 302 g/mol. The maximum Gasteiger partial charge on any atom is 0.279 e. The number of nitrogens with one attached hydrogen (secondary N) is 2. The first kappa shape index (κ1) is 15.3. The van der Waals surface area contributed by atoms with E-state index in [0.717, 1.165) is 5.56 Å². The van der Waals surface area contributed by atoms with E-state index in [4.69, 9.17) is 0 Å². The topological polar surface area (TPSA) is 58.2 Å². The number of amides is 2. The molecule has 0 atom stereocenters. The van der Waals surface area contributed by atoms with Crippen molar-refractivity contribution in [2.24, 2.45) is 0 Å². The van der Waals surface area contributed by atoms with Crippen molar-refractivity contribution in [2.75, 3.05) is 0 Å². The third-order valence-electron chi connectivity index (χ3n) is 3.05. The molecule has 0 aliphatic rings. The highest BCUT2D eigenvalue weighted by atomic mass is 32.1. The van der Waals surface area contributed by atoms with Crippen molar-refractivity contribution in [1.82, 2.24) is 10.9 Å². The van der Waals surface area contributed by atoms with E-state index in [-0.39, 0.29) is 17.2 Å². The Labute approximate surface area is 128 Å². The minimum absolute atomic E-state index is 0.0440. The third-order valence-corrected chi connectivity index (χ3v) is 3.92. The molecule has 0 radical (unpaired) electrons. The van der Waals surface area contributed by atoms with Crippen LogP contribution in [-0.4, -0.2) is 11.8 Å². The van der Waals surface area contributed by atoms with E-state index in [9.17, 15) is 9.59 Å². The predicted molar refractivity (Wildman–Crippen MR) is 84.4 cm³/mol. The first-order chi connectivity index (χ1) is 9.88. The minimum atomic E-state index is -0.333. The van der Waals surface area contributed by atoms with Crippen LogP contribution < -0.4 is 10.9 Å². The van der Waals surface area contributed by atoms with Crippen LogP contribution in [0.1, 0.15) is 46.4 Å². The molecular weight excluding hydrogens is 284 g/mol. The molecule has 0 aliphatic carbocycles. The highest BCUT2D eigenvalue weighted by molar-refractivity contribution is 7.12. The summed E-state index contributed by atoms with van der Waals surface area (Å²) in [5.74, 6) is -0.648. The van der Waals surface area contributed by atoms with Gasteiger partial charge >= 0.3 is 0 Å². The fourth-order valence-corrected chi connectivity index (χ4v) is 2.40.